The van der Waals surface area contributed by atoms with Gasteiger partial charge in [-0.15, -0.1) is 0 Å². The molecule has 1 unspecified atom stereocenters. The van der Waals surface area contributed by atoms with Gasteiger partial charge < -0.3 is 15.1 Å². The maximum absolute atomic E-state index is 9.31. The maximum atomic E-state index is 9.31. The molecule has 0 aromatic heterocycles. The van der Waals surface area contributed by atoms with Crippen LogP contribution >= 0.6 is 0 Å². The smallest absolute Gasteiger partial charge is 0.154 e. The molecule has 3 heteroatoms. The van der Waals surface area contributed by atoms with Gasteiger partial charge in [-0.3, -0.25) is 0 Å². The molecule has 0 spiro atoms. The van der Waals surface area contributed by atoms with Crippen LogP contribution in [-0.2, 0) is 0 Å². The van der Waals surface area contributed by atoms with Gasteiger partial charge in [0.1, 0.15) is 0 Å². The minimum Gasteiger partial charge on any atom is -0.368 e. The minimum absolute atomic E-state index is 0.143. The van der Waals surface area contributed by atoms with Crippen LogP contribution in [0.25, 0.3) is 0 Å². The van der Waals surface area contributed by atoms with E-state index in [9.17, 15) is 10.2 Å². The van der Waals surface area contributed by atoms with Gasteiger partial charge in [-0.25, -0.2) is 0 Å². The molecule has 0 radical (unpaired) electrons. The van der Waals surface area contributed by atoms with E-state index in [4.69, 9.17) is 0 Å². The van der Waals surface area contributed by atoms with E-state index in [1.54, 1.807) is 0 Å². The molecule has 0 aromatic carbocycles. The van der Waals surface area contributed by atoms with Gasteiger partial charge in [-0.2, -0.15) is 0 Å². The number of rotatable bonds is 3. The van der Waals surface area contributed by atoms with E-state index in [1.807, 2.05) is 0 Å². The summed E-state index contributed by atoms with van der Waals surface area (Å²) in [6.07, 6.45) is 2.57. The monoisotopic (exact) mass is 185 g/mol. The van der Waals surface area contributed by atoms with Crippen LogP contribution in [0.1, 0.15) is 19.3 Å². The van der Waals surface area contributed by atoms with E-state index >= 15 is 0 Å². The molecule has 1 saturated heterocycles. The number of likely N-dealkylation sites (tertiary alicyclic amines) is 1. The summed E-state index contributed by atoms with van der Waals surface area (Å²) in [5.74, 6) is 1.25. The molecule has 1 saturated carbocycles. The zero-order valence-corrected chi connectivity index (χ0v) is 8.19. The highest BCUT2D eigenvalue weighted by atomic mass is 16.5. The third kappa shape index (κ3) is 1.73. The molecule has 3 nitrogen and oxygen atoms in total. The lowest BCUT2D eigenvalue weighted by Crippen LogP contribution is -2.53. The lowest BCUT2D eigenvalue weighted by Gasteiger charge is -2.47. The van der Waals surface area contributed by atoms with Gasteiger partial charge in [-0.1, -0.05) is 6.42 Å². The molecule has 1 heterocycles. The number of aliphatic hydroxyl groups is 2. The third-order valence-electron chi connectivity index (χ3n) is 3.68. The fraction of sp³-hybridized carbons (Fsp3) is 1.00. The third-order valence-corrected chi connectivity index (χ3v) is 3.68. The van der Waals surface area contributed by atoms with E-state index < -0.39 is 6.29 Å². The van der Waals surface area contributed by atoms with Gasteiger partial charge in [0.05, 0.1) is 0 Å². The van der Waals surface area contributed by atoms with Gasteiger partial charge in [0.15, 0.2) is 6.29 Å². The molecule has 1 atom stereocenters. The Morgan fingerprint density at radius 3 is 2.08 bits per heavy atom. The molecule has 2 rings (SSSR count). The van der Waals surface area contributed by atoms with Gasteiger partial charge in [0.25, 0.3) is 0 Å². The van der Waals surface area contributed by atoms with Crippen molar-refractivity contribution in [3.05, 3.63) is 0 Å². The maximum Gasteiger partial charge on any atom is 0.154 e. The molecule has 1 aliphatic carbocycles. The molecular weight excluding hydrogens is 166 g/mol. The molecule has 2 N–H and O–H groups in total. The van der Waals surface area contributed by atoms with Crippen molar-refractivity contribution in [3.8, 4) is 0 Å². The second-order valence-electron chi connectivity index (χ2n) is 4.66. The van der Waals surface area contributed by atoms with Crippen molar-refractivity contribution in [3.63, 3.8) is 0 Å². The summed E-state index contributed by atoms with van der Waals surface area (Å²) in [4.78, 5) is 2.23. The van der Waals surface area contributed by atoms with Crippen LogP contribution in [0, 0.1) is 17.8 Å². The van der Waals surface area contributed by atoms with E-state index in [0.717, 1.165) is 13.1 Å². The number of aliphatic hydroxyl groups excluding tert-OH is 1. The fourth-order valence-electron chi connectivity index (χ4n) is 2.69. The molecule has 1 aliphatic heterocycles. The van der Waals surface area contributed by atoms with Crippen molar-refractivity contribution in [2.24, 2.45) is 17.8 Å². The lowest BCUT2D eigenvalue weighted by atomic mass is 9.68. The van der Waals surface area contributed by atoms with E-state index in [2.05, 4.69) is 11.9 Å². The summed E-state index contributed by atoms with van der Waals surface area (Å²) >= 11 is 0. The zero-order chi connectivity index (χ0) is 9.42. The Labute approximate surface area is 79.4 Å². The first-order chi connectivity index (χ1) is 6.18. The molecule has 0 amide bonds. The SMILES string of the molecule is CN1CC(C(C(O)O)C2CCC2)C1. The van der Waals surface area contributed by atoms with E-state index in [0.29, 0.717) is 11.8 Å². The predicted molar refractivity (Wildman–Crippen MR) is 50.0 cm³/mol. The Bertz CT molecular complexity index is 174. The molecule has 2 aliphatic rings. The Balaban J connectivity index is 1.89. The van der Waals surface area contributed by atoms with Gasteiger partial charge >= 0.3 is 0 Å². The highest BCUT2D eigenvalue weighted by Gasteiger charge is 2.41. The Morgan fingerprint density at radius 2 is 1.77 bits per heavy atom. The standard InChI is InChI=1S/C10H19NO2/c1-11-5-8(6-11)9(10(12)13)7-3-2-4-7/h7-10,12-13H,2-6H2,1H3. The quantitative estimate of drug-likeness (QED) is 0.620. The summed E-state index contributed by atoms with van der Waals surface area (Å²) in [5.41, 5.74) is 0. The number of nitrogens with zero attached hydrogens (tertiary/aromatic N) is 1. The van der Waals surface area contributed by atoms with Crippen LogP contribution in [0.4, 0.5) is 0 Å². The van der Waals surface area contributed by atoms with Crippen molar-refractivity contribution < 1.29 is 10.2 Å². The average molecular weight is 185 g/mol. The van der Waals surface area contributed by atoms with Crippen molar-refractivity contribution >= 4 is 0 Å². The summed E-state index contributed by atoms with van der Waals surface area (Å²) in [5, 5.41) is 18.6. The second-order valence-corrected chi connectivity index (χ2v) is 4.66. The molecule has 0 bridgehead atoms. The van der Waals surface area contributed by atoms with Crippen molar-refractivity contribution in [2.45, 2.75) is 25.6 Å². The minimum atomic E-state index is -1.09. The van der Waals surface area contributed by atoms with Crippen molar-refractivity contribution in [1.29, 1.82) is 0 Å². The summed E-state index contributed by atoms with van der Waals surface area (Å²) in [6.45, 7) is 2.08. The highest BCUT2D eigenvalue weighted by molar-refractivity contribution is 4.90. The topological polar surface area (TPSA) is 43.7 Å². The largest absolute Gasteiger partial charge is 0.368 e. The molecule has 76 valence electrons. The van der Waals surface area contributed by atoms with Crippen molar-refractivity contribution in [1.82, 2.24) is 4.90 Å². The fourth-order valence-corrected chi connectivity index (χ4v) is 2.69. The highest BCUT2D eigenvalue weighted by Crippen LogP contribution is 2.41. The van der Waals surface area contributed by atoms with Crippen LogP contribution in [0.5, 0.6) is 0 Å². The molecule has 2 fully saturated rings. The van der Waals surface area contributed by atoms with Crippen LogP contribution < -0.4 is 0 Å². The van der Waals surface area contributed by atoms with Gasteiger partial charge in [-0.05, 0) is 31.7 Å². The second kappa shape index (κ2) is 3.56. The Hall–Kier alpha value is -0.120. The number of hydrogen-bond donors (Lipinski definition) is 2. The normalized spacial score (nSPS) is 28.6. The predicted octanol–water partition coefficient (Wildman–Crippen LogP) is 0.275. The number of hydrogen-bond acceptors (Lipinski definition) is 3. The van der Waals surface area contributed by atoms with E-state index in [1.165, 1.54) is 19.3 Å². The van der Waals surface area contributed by atoms with Crippen molar-refractivity contribution in [2.75, 3.05) is 20.1 Å². The lowest BCUT2D eigenvalue weighted by molar-refractivity contribution is -0.148. The molecule has 0 aromatic rings. The van der Waals surface area contributed by atoms with Crippen LogP contribution in [0.15, 0.2) is 0 Å². The van der Waals surface area contributed by atoms with Gasteiger partial charge in [0, 0.05) is 19.0 Å². The summed E-state index contributed by atoms with van der Waals surface area (Å²) < 4.78 is 0. The molecular formula is C10H19NO2. The summed E-state index contributed by atoms with van der Waals surface area (Å²) in [6, 6.07) is 0. The van der Waals surface area contributed by atoms with Crippen LogP contribution in [0.3, 0.4) is 0 Å². The average Bonchev–Trinajstić information content (AvgIpc) is 1.90. The van der Waals surface area contributed by atoms with Gasteiger partial charge in [0.2, 0.25) is 0 Å². The molecule has 13 heavy (non-hydrogen) atoms. The Kier molecular flexibility index (Phi) is 2.58. The summed E-state index contributed by atoms with van der Waals surface area (Å²) in [7, 11) is 2.08. The first kappa shape index (κ1) is 9.44. The zero-order valence-electron chi connectivity index (χ0n) is 8.19. The van der Waals surface area contributed by atoms with Crippen LogP contribution in [0.2, 0.25) is 0 Å². The first-order valence-corrected chi connectivity index (χ1v) is 5.23. The Morgan fingerprint density at radius 1 is 1.15 bits per heavy atom. The van der Waals surface area contributed by atoms with Crippen LogP contribution in [-0.4, -0.2) is 41.5 Å². The first-order valence-electron chi connectivity index (χ1n) is 5.23. The van der Waals surface area contributed by atoms with E-state index in [-0.39, 0.29) is 5.92 Å².